The fraction of sp³-hybridized carbons (Fsp3) is 0.696. The molecule has 60 heavy (non-hydrogen) atoms. The third-order valence-corrected chi connectivity index (χ3v) is 10.9. The molecule has 0 aromatic heterocycles. The van der Waals surface area contributed by atoms with Gasteiger partial charge in [-0.15, -0.1) is 0 Å². The van der Waals surface area contributed by atoms with E-state index in [0.717, 1.165) is 70.6 Å². The Balaban J connectivity index is 2.50. The molecule has 1 fully saturated rings. The van der Waals surface area contributed by atoms with Crippen molar-refractivity contribution < 1.29 is 63.1 Å². The molecule has 0 radical (unpaired) electrons. The monoisotopic (exact) mass is 869 g/mol. The van der Waals surface area contributed by atoms with Crippen LogP contribution in [0.2, 0.25) is 0 Å². The zero-order valence-electron chi connectivity index (χ0n) is 36.2. The van der Waals surface area contributed by atoms with Crippen molar-refractivity contribution in [1.82, 2.24) is 0 Å². The predicted molar refractivity (Wildman–Crippen MR) is 235 cm³/mol. The summed E-state index contributed by atoms with van der Waals surface area (Å²) in [5, 5.41) is 49.7. The first-order valence-corrected chi connectivity index (χ1v) is 23.6. The maximum absolute atomic E-state index is 12.7. The van der Waals surface area contributed by atoms with E-state index < -0.39 is 76.7 Å². The highest BCUT2D eigenvalue weighted by Crippen LogP contribution is 2.43. The van der Waals surface area contributed by atoms with Crippen LogP contribution >= 0.6 is 7.82 Å². The van der Waals surface area contributed by atoms with E-state index in [1.165, 1.54) is 0 Å². The van der Waals surface area contributed by atoms with Crippen molar-refractivity contribution in [3.8, 4) is 0 Å². The molecule has 13 nitrogen and oxygen atoms in total. The SMILES string of the molecule is CC/C=C\C/C=C\C/C=C\C/C=C\CCCCCCC(=O)OC[C@H](COP(=O)(O)OC[C@@H](O)CO)OC(=O)CCC/C=C/C[C@@H]1[C@@H](/C=C/[C@@H](O)CCCCC)[C@H](O)C[C@@H]1O. The molecule has 0 saturated heterocycles. The van der Waals surface area contributed by atoms with Crippen LogP contribution in [0, 0.1) is 11.8 Å². The highest BCUT2D eigenvalue weighted by Gasteiger charge is 2.39. The van der Waals surface area contributed by atoms with Gasteiger partial charge in [-0.25, -0.2) is 4.57 Å². The zero-order valence-corrected chi connectivity index (χ0v) is 37.1. The summed E-state index contributed by atoms with van der Waals surface area (Å²) >= 11 is 0. The lowest BCUT2D eigenvalue weighted by Crippen LogP contribution is -2.29. The second-order valence-electron chi connectivity index (χ2n) is 15.3. The summed E-state index contributed by atoms with van der Waals surface area (Å²) in [7, 11) is -4.70. The summed E-state index contributed by atoms with van der Waals surface area (Å²) in [6.45, 7) is 1.84. The fourth-order valence-electron chi connectivity index (χ4n) is 6.45. The van der Waals surface area contributed by atoms with Gasteiger partial charge in [0.25, 0.3) is 0 Å². The number of carbonyl (C=O) groups excluding carboxylic acids is 2. The molecule has 0 aliphatic heterocycles. The first kappa shape index (κ1) is 55.3. The van der Waals surface area contributed by atoms with Gasteiger partial charge in [-0.2, -0.15) is 0 Å². The van der Waals surface area contributed by atoms with Gasteiger partial charge in [0.2, 0.25) is 0 Å². The Hall–Kier alpha value is -2.71. The van der Waals surface area contributed by atoms with Crippen LogP contribution in [-0.4, -0.2) is 99.3 Å². The minimum atomic E-state index is -4.70. The summed E-state index contributed by atoms with van der Waals surface area (Å²) < 4.78 is 32.7. The molecule has 14 heteroatoms. The summed E-state index contributed by atoms with van der Waals surface area (Å²) in [5.41, 5.74) is 0. The van der Waals surface area contributed by atoms with Crippen molar-refractivity contribution in [3.63, 3.8) is 0 Å². The van der Waals surface area contributed by atoms with E-state index in [1.54, 1.807) is 6.08 Å². The van der Waals surface area contributed by atoms with Crippen molar-refractivity contribution in [3.05, 3.63) is 72.9 Å². The smallest absolute Gasteiger partial charge is 0.462 e. The standard InChI is InChI=1S/C46H77O13P/c1-3-5-7-8-9-10-11-12-13-14-15-16-17-18-19-20-25-29-45(52)56-36-40(37-58-60(54,55)57-35-39(49)34-47)59-46(53)30-26-22-21-24-28-41-42(44(51)33-43(41)50)32-31-38(48)27-23-6-4-2/h5,7,9-10,12-13,15-16,21,24,31-32,38-44,47-51H,3-4,6,8,11,14,17-20,22-23,25-30,33-37H2,1-2H3,(H,54,55)/b7-5-,10-9-,13-12-,16-15-,24-21+,32-31+/t38-,39-,40+,41+,42+,43-,44+/m0/s1. The van der Waals surface area contributed by atoms with Crippen molar-refractivity contribution in [2.75, 3.05) is 26.4 Å². The van der Waals surface area contributed by atoms with E-state index in [0.29, 0.717) is 32.1 Å². The molecule has 6 N–H and O–H groups in total. The molecule has 1 unspecified atom stereocenters. The number of phosphoric ester groups is 1. The molecule has 0 aromatic carbocycles. The van der Waals surface area contributed by atoms with Gasteiger partial charge in [-0.1, -0.05) is 119 Å². The van der Waals surface area contributed by atoms with Crippen LogP contribution in [0.25, 0.3) is 0 Å². The van der Waals surface area contributed by atoms with Gasteiger partial charge in [0.05, 0.1) is 38.1 Å². The van der Waals surface area contributed by atoms with Crippen LogP contribution in [0.5, 0.6) is 0 Å². The largest absolute Gasteiger partial charge is 0.472 e. The number of carbonyl (C=O) groups is 2. The molecule has 0 spiro atoms. The van der Waals surface area contributed by atoms with Crippen LogP contribution in [0.1, 0.15) is 136 Å². The first-order valence-electron chi connectivity index (χ1n) is 22.2. The number of aliphatic hydroxyl groups excluding tert-OH is 5. The van der Waals surface area contributed by atoms with E-state index in [-0.39, 0.29) is 31.1 Å². The van der Waals surface area contributed by atoms with Crippen molar-refractivity contribution in [1.29, 1.82) is 0 Å². The van der Waals surface area contributed by atoms with Gasteiger partial charge in [-0.05, 0) is 76.5 Å². The fourth-order valence-corrected chi connectivity index (χ4v) is 7.24. The number of ether oxygens (including phenoxy) is 2. The van der Waals surface area contributed by atoms with Gasteiger partial charge in [0.15, 0.2) is 6.10 Å². The molecule has 0 amide bonds. The number of aliphatic hydroxyl groups is 5. The van der Waals surface area contributed by atoms with Gasteiger partial charge in [0, 0.05) is 25.2 Å². The summed E-state index contributed by atoms with van der Waals surface area (Å²) in [5.74, 6) is -1.62. The molecule has 0 aromatic rings. The minimum absolute atomic E-state index is 0.00225. The molecule has 344 valence electrons. The second-order valence-corrected chi connectivity index (χ2v) is 16.8. The number of esters is 2. The molecule has 0 bridgehead atoms. The molecule has 1 saturated carbocycles. The molecule has 1 aliphatic rings. The molecular formula is C46H77O13P. The molecule has 0 heterocycles. The summed E-state index contributed by atoms with van der Waals surface area (Å²) in [4.78, 5) is 35.2. The minimum Gasteiger partial charge on any atom is -0.462 e. The van der Waals surface area contributed by atoms with Crippen molar-refractivity contribution >= 4 is 19.8 Å². The highest BCUT2D eigenvalue weighted by atomic mass is 31.2. The maximum Gasteiger partial charge on any atom is 0.472 e. The quantitative estimate of drug-likeness (QED) is 0.0153. The lowest BCUT2D eigenvalue weighted by Gasteiger charge is -2.20. The van der Waals surface area contributed by atoms with E-state index in [4.69, 9.17) is 19.1 Å². The Labute approximate surface area is 359 Å². The Morgan fingerprint density at radius 2 is 1.33 bits per heavy atom. The molecular weight excluding hydrogens is 791 g/mol. The number of phosphoric acid groups is 1. The number of hydrogen-bond donors (Lipinski definition) is 6. The van der Waals surface area contributed by atoms with Crippen molar-refractivity contribution in [2.45, 2.75) is 166 Å². The lowest BCUT2D eigenvalue weighted by molar-refractivity contribution is -0.161. The average Bonchev–Trinajstić information content (AvgIpc) is 3.49. The third kappa shape index (κ3) is 29.5. The Kier molecular flexibility index (Phi) is 33.0. The summed E-state index contributed by atoms with van der Waals surface area (Å²) in [6, 6.07) is 0. The van der Waals surface area contributed by atoms with E-state index in [2.05, 4.69) is 67.0 Å². The van der Waals surface area contributed by atoms with Crippen LogP contribution < -0.4 is 0 Å². The van der Waals surface area contributed by atoms with Gasteiger partial charge >= 0.3 is 19.8 Å². The van der Waals surface area contributed by atoms with Crippen molar-refractivity contribution in [2.24, 2.45) is 11.8 Å². The van der Waals surface area contributed by atoms with Crippen LogP contribution in [0.15, 0.2) is 72.9 Å². The topological polar surface area (TPSA) is 210 Å². The van der Waals surface area contributed by atoms with Crippen LogP contribution in [0.3, 0.4) is 0 Å². The number of hydrogen-bond acceptors (Lipinski definition) is 12. The number of rotatable bonds is 36. The summed E-state index contributed by atoms with van der Waals surface area (Å²) in [6.07, 6.45) is 33.9. The van der Waals surface area contributed by atoms with Gasteiger partial charge in [-0.3, -0.25) is 18.6 Å². The number of allylic oxidation sites excluding steroid dienone is 10. The van der Waals surface area contributed by atoms with E-state index in [1.807, 2.05) is 18.2 Å². The van der Waals surface area contributed by atoms with Gasteiger partial charge < -0.3 is 39.9 Å². The predicted octanol–water partition coefficient (Wildman–Crippen LogP) is 8.05. The molecule has 1 rings (SSSR count). The normalized spacial score (nSPS) is 21.3. The Morgan fingerprint density at radius 3 is 2.02 bits per heavy atom. The maximum atomic E-state index is 12.7. The molecule has 8 atom stereocenters. The second kappa shape index (κ2) is 35.8. The zero-order chi connectivity index (χ0) is 44.3. The highest BCUT2D eigenvalue weighted by molar-refractivity contribution is 7.47. The van der Waals surface area contributed by atoms with Crippen LogP contribution in [-0.2, 0) is 32.7 Å². The van der Waals surface area contributed by atoms with Gasteiger partial charge in [0.1, 0.15) is 12.7 Å². The third-order valence-electron chi connectivity index (χ3n) is 9.91. The molecule has 1 aliphatic carbocycles. The van der Waals surface area contributed by atoms with Crippen LogP contribution in [0.4, 0.5) is 0 Å². The van der Waals surface area contributed by atoms with E-state index >= 15 is 0 Å². The first-order chi connectivity index (χ1) is 28.9. The Morgan fingerprint density at radius 1 is 0.717 bits per heavy atom. The average molecular weight is 869 g/mol. The van der Waals surface area contributed by atoms with E-state index in [9.17, 15) is 39.5 Å². The lowest BCUT2D eigenvalue weighted by atomic mass is 9.89. The Bertz CT molecular complexity index is 1340. The number of unbranched alkanes of at least 4 members (excludes halogenated alkanes) is 7.